The Balaban J connectivity index is 3.66. The van der Waals surface area contributed by atoms with Gasteiger partial charge >= 0.3 is 7.82 Å². The molecule has 0 aromatic carbocycles. The van der Waals surface area contributed by atoms with Gasteiger partial charge in [-0.25, -0.2) is 4.57 Å². The molecular formula is C15H28NO5P. The summed E-state index contributed by atoms with van der Waals surface area (Å²) < 4.78 is 14.8. The summed E-state index contributed by atoms with van der Waals surface area (Å²) in [5.41, 5.74) is 0.534. The van der Waals surface area contributed by atoms with Crippen molar-refractivity contribution in [2.75, 3.05) is 19.7 Å². The molecule has 0 radical (unpaired) electrons. The van der Waals surface area contributed by atoms with E-state index in [1.165, 1.54) is 0 Å². The molecule has 0 unspecified atom stereocenters. The first kappa shape index (κ1) is 21.1. The van der Waals surface area contributed by atoms with Crippen molar-refractivity contribution in [1.82, 2.24) is 4.90 Å². The van der Waals surface area contributed by atoms with Gasteiger partial charge in [-0.15, -0.1) is 6.58 Å². The van der Waals surface area contributed by atoms with E-state index in [2.05, 4.69) is 17.7 Å². The normalized spacial score (nSPS) is 11.2. The molecule has 0 saturated heterocycles. The van der Waals surface area contributed by atoms with Crippen LogP contribution in [0.5, 0.6) is 0 Å². The molecule has 0 bridgehead atoms. The second-order valence-electron chi connectivity index (χ2n) is 5.27. The number of phosphoric acid groups is 1. The molecule has 128 valence electrons. The standard InChI is InChI=1S/C15H28NO5P/c1-4-11-16(15(17)14(2)3)12-9-7-5-6-8-10-13-21-22(18,19)20/h4H,1-2,5-13H2,3H3,(H2,18,19,20). The van der Waals surface area contributed by atoms with Crippen molar-refractivity contribution in [3.63, 3.8) is 0 Å². The van der Waals surface area contributed by atoms with Crippen molar-refractivity contribution in [3.05, 3.63) is 24.8 Å². The summed E-state index contributed by atoms with van der Waals surface area (Å²) in [5.74, 6) is -0.0329. The maximum Gasteiger partial charge on any atom is 0.469 e. The van der Waals surface area contributed by atoms with Crippen LogP contribution in [0, 0.1) is 0 Å². The predicted octanol–water partition coefficient (Wildman–Crippen LogP) is 3.03. The van der Waals surface area contributed by atoms with Gasteiger partial charge in [-0.05, 0) is 19.8 Å². The largest absolute Gasteiger partial charge is 0.469 e. The van der Waals surface area contributed by atoms with Gasteiger partial charge in [0, 0.05) is 18.7 Å². The molecule has 0 aromatic heterocycles. The summed E-state index contributed by atoms with van der Waals surface area (Å²) in [5, 5.41) is 0. The fourth-order valence-electron chi connectivity index (χ4n) is 2.00. The Morgan fingerprint density at radius 2 is 1.73 bits per heavy atom. The summed E-state index contributed by atoms with van der Waals surface area (Å²) >= 11 is 0. The molecule has 0 spiro atoms. The highest BCUT2D eigenvalue weighted by atomic mass is 31.2. The van der Waals surface area contributed by atoms with Gasteiger partial charge in [0.05, 0.1) is 6.61 Å². The fraction of sp³-hybridized carbons (Fsp3) is 0.667. The second kappa shape index (κ2) is 11.6. The number of hydrogen-bond donors (Lipinski definition) is 2. The van der Waals surface area contributed by atoms with Crippen LogP contribution in [-0.2, 0) is 13.9 Å². The van der Waals surface area contributed by atoms with Gasteiger partial charge < -0.3 is 14.7 Å². The minimum atomic E-state index is -4.32. The average Bonchev–Trinajstić information content (AvgIpc) is 2.42. The molecule has 1 amide bonds. The molecule has 0 aliphatic carbocycles. The SMILES string of the molecule is C=CCN(CCCCCCCCOP(=O)(O)O)C(=O)C(=C)C. The van der Waals surface area contributed by atoms with Crippen LogP contribution in [0.4, 0.5) is 0 Å². The van der Waals surface area contributed by atoms with E-state index in [4.69, 9.17) is 9.79 Å². The van der Waals surface area contributed by atoms with Gasteiger partial charge in [0.1, 0.15) is 0 Å². The lowest BCUT2D eigenvalue weighted by Gasteiger charge is -2.21. The number of amides is 1. The Labute approximate surface area is 133 Å². The van der Waals surface area contributed by atoms with Crippen LogP contribution in [0.1, 0.15) is 45.4 Å². The zero-order valence-corrected chi connectivity index (χ0v) is 14.3. The Hall–Kier alpha value is -0.940. The van der Waals surface area contributed by atoms with Crippen molar-refractivity contribution in [3.8, 4) is 0 Å². The predicted molar refractivity (Wildman–Crippen MR) is 87.3 cm³/mol. The summed E-state index contributed by atoms with van der Waals surface area (Å²) in [6, 6.07) is 0. The molecule has 6 nitrogen and oxygen atoms in total. The fourth-order valence-corrected chi connectivity index (χ4v) is 2.36. The molecular weight excluding hydrogens is 305 g/mol. The van der Waals surface area contributed by atoms with E-state index < -0.39 is 7.82 Å². The van der Waals surface area contributed by atoms with E-state index >= 15 is 0 Å². The highest BCUT2D eigenvalue weighted by molar-refractivity contribution is 7.46. The molecule has 0 aliphatic heterocycles. The van der Waals surface area contributed by atoms with E-state index in [1.54, 1.807) is 17.9 Å². The Kier molecular flexibility index (Phi) is 11.1. The minimum absolute atomic E-state index is 0.0329. The maximum atomic E-state index is 11.9. The Morgan fingerprint density at radius 3 is 2.23 bits per heavy atom. The minimum Gasteiger partial charge on any atom is -0.335 e. The number of nitrogens with zero attached hydrogens (tertiary/aromatic N) is 1. The zero-order valence-electron chi connectivity index (χ0n) is 13.4. The lowest BCUT2D eigenvalue weighted by Crippen LogP contribution is -2.32. The van der Waals surface area contributed by atoms with Gasteiger partial charge in [-0.2, -0.15) is 0 Å². The molecule has 22 heavy (non-hydrogen) atoms. The van der Waals surface area contributed by atoms with Crippen molar-refractivity contribution in [2.45, 2.75) is 45.4 Å². The van der Waals surface area contributed by atoms with Crippen LogP contribution in [-0.4, -0.2) is 40.3 Å². The third-order valence-corrected chi connectivity index (χ3v) is 3.60. The Bertz CT molecular complexity index is 405. The highest BCUT2D eigenvalue weighted by Crippen LogP contribution is 2.35. The van der Waals surface area contributed by atoms with Crippen LogP contribution >= 0.6 is 7.82 Å². The Morgan fingerprint density at radius 1 is 1.18 bits per heavy atom. The van der Waals surface area contributed by atoms with Crippen molar-refractivity contribution >= 4 is 13.7 Å². The molecule has 0 atom stereocenters. The molecule has 0 rings (SSSR count). The van der Waals surface area contributed by atoms with E-state index in [0.717, 1.165) is 32.1 Å². The van der Waals surface area contributed by atoms with Gasteiger partial charge in [-0.1, -0.05) is 38.3 Å². The van der Waals surface area contributed by atoms with Crippen molar-refractivity contribution in [1.29, 1.82) is 0 Å². The van der Waals surface area contributed by atoms with Crippen LogP contribution in [0.15, 0.2) is 24.8 Å². The summed E-state index contributed by atoms with van der Waals surface area (Å²) in [6.45, 7) is 10.3. The number of carbonyl (C=O) groups excluding carboxylic acids is 1. The van der Waals surface area contributed by atoms with Crippen molar-refractivity contribution in [2.24, 2.45) is 0 Å². The molecule has 0 aromatic rings. The highest BCUT2D eigenvalue weighted by Gasteiger charge is 2.13. The first-order chi connectivity index (χ1) is 10.3. The van der Waals surface area contributed by atoms with Gasteiger partial charge in [0.15, 0.2) is 0 Å². The topological polar surface area (TPSA) is 87.1 Å². The molecule has 0 aliphatic rings. The van der Waals surface area contributed by atoms with Crippen LogP contribution in [0.25, 0.3) is 0 Å². The van der Waals surface area contributed by atoms with E-state index in [9.17, 15) is 9.36 Å². The van der Waals surface area contributed by atoms with Gasteiger partial charge in [0.25, 0.3) is 0 Å². The number of phosphoric ester groups is 1. The van der Waals surface area contributed by atoms with E-state index in [-0.39, 0.29) is 12.5 Å². The number of rotatable bonds is 13. The lowest BCUT2D eigenvalue weighted by molar-refractivity contribution is -0.126. The van der Waals surface area contributed by atoms with E-state index in [0.29, 0.717) is 25.1 Å². The molecule has 0 heterocycles. The molecule has 2 N–H and O–H groups in total. The zero-order chi connectivity index (χ0) is 17.0. The second-order valence-corrected chi connectivity index (χ2v) is 6.50. The first-order valence-electron chi connectivity index (χ1n) is 7.53. The summed E-state index contributed by atoms with van der Waals surface area (Å²) in [6.07, 6.45) is 7.17. The number of hydrogen-bond acceptors (Lipinski definition) is 3. The van der Waals surface area contributed by atoms with Gasteiger partial charge in [-0.3, -0.25) is 9.32 Å². The number of carbonyl (C=O) groups is 1. The third-order valence-electron chi connectivity index (χ3n) is 3.08. The summed E-state index contributed by atoms with van der Waals surface area (Å²) in [4.78, 5) is 30.6. The molecule has 7 heteroatoms. The first-order valence-corrected chi connectivity index (χ1v) is 9.06. The number of unbranched alkanes of at least 4 members (excludes halogenated alkanes) is 5. The lowest BCUT2D eigenvalue weighted by atomic mass is 10.1. The van der Waals surface area contributed by atoms with Crippen LogP contribution in [0.3, 0.4) is 0 Å². The van der Waals surface area contributed by atoms with Crippen LogP contribution < -0.4 is 0 Å². The smallest absolute Gasteiger partial charge is 0.335 e. The average molecular weight is 333 g/mol. The monoisotopic (exact) mass is 333 g/mol. The summed E-state index contributed by atoms with van der Waals surface area (Å²) in [7, 11) is -4.32. The molecule has 0 fully saturated rings. The van der Waals surface area contributed by atoms with Gasteiger partial charge in [0.2, 0.25) is 5.91 Å². The maximum absolute atomic E-state index is 11.9. The van der Waals surface area contributed by atoms with E-state index in [1.807, 2.05) is 0 Å². The quantitative estimate of drug-likeness (QED) is 0.234. The van der Waals surface area contributed by atoms with Crippen molar-refractivity contribution < 1.29 is 23.7 Å². The molecule has 0 saturated carbocycles. The van der Waals surface area contributed by atoms with Crippen LogP contribution in [0.2, 0.25) is 0 Å². The third kappa shape index (κ3) is 11.7.